The van der Waals surface area contributed by atoms with Crippen molar-refractivity contribution in [1.29, 1.82) is 0 Å². The number of fused-ring (bicyclic) bond motifs is 2. The van der Waals surface area contributed by atoms with Crippen LogP contribution in [0.5, 0.6) is 0 Å². The van der Waals surface area contributed by atoms with E-state index in [-0.39, 0.29) is 18.4 Å². The smallest absolute Gasteiger partial charge is 0.338 e. The van der Waals surface area contributed by atoms with Gasteiger partial charge in [-0.2, -0.15) is 0 Å². The van der Waals surface area contributed by atoms with Crippen LogP contribution in [0.2, 0.25) is 0 Å². The number of rotatable bonds is 5. The summed E-state index contributed by atoms with van der Waals surface area (Å²) in [6.45, 7) is 10.5. The standard InChI is InChI=1S/C33H41BrO11/c1-16-8-13-25(41-19(4)35)32(7)26(42-20(5)36)15-24(44-31(39)22-9-11-23(34)12-10-22)17(2)28(32)29(43-21(6)37)33(40)18(3)30(38)45-27(33)14-16/h9-12,14,17-18,24-29,40H,8,13,15H2,1-7H3/b16-14-/t17-,18-,24-,25-,26-,27-,28+,29?,32-,33-/m0/s1. The number of hydrogen-bond donors (Lipinski definition) is 1. The molecule has 246 valence electrons. The Bertz CT molecular complexity index is 1370. The normalized spacial score (nSPS) is 37.4. The number of hydrogen-bond acceptors (Lipinski definition) is 11. The van der Waals surface area contributed by atoms with Crippen LogP contribution < -0.4 is 0 Å². The molecular formula is C33H41BrO11. The molecule has 1 unspecified atom stereocenters. The maximum atomic E-state index is 13.4. The molecule has 2 fully saturated rings. The third-order valence-corrected chi connectivity index (χ3v) is 10.2. The van der Waals surface area contributed by atoms with Gasteiger partial charge < -0.3 is 28.8 Å². The van der Waals surface area contributed by atoms with Crippen LogP contribution in [-0.4, -0.2) is 71.1 Å². The number of esters is 5. The van der Waals surface area contributed by atoms with Crippen molar-refractivity contribution in [1.82, 2.24) is 0 Å². The molecule has 1 aromatic carbocycles. The Morgan fingerprint density at radius 2 is 1.51 bits per heavy atom. The molecule has 11 nitrogen and oxygen atoms in total. The quantitative estimate of drug-likeness (QED) is 0.264. The second-order valence-corrected chi connectivity index (χ2v) is 13.6. The second-order valence-electron chi connectivity index (χ2n) is 12.7. The van der Waals surface area contributed by atoms with Gasteiger partial charge in [-0.15, -0.1) is 0 Å². The van der Waals surface area contributed by atoms with E-state index in [1.165, 1.54) is 27.7 Å². The van der Waals surface area contributed by atoms with Crippen LogP contribution in [0.1, 0.15) is 78.1 Å². The van der Waals surface area contributed by atoms with Gasteiger partial charge in [0.25, 0.3) is 0 Å². The lowest BCUT2D eigenvalue weighted by atomic mass is 9.52. The largest absolute Gasteiger partial charge is 0.462 e. The van der Waals surface area contributed by atoms with E-state index in [0.717, 1.165) is 10.0 Å². The van der Waals surface area contributed by atoms with E-state index in [0.29, 0.717) is 6.42 Å². The van der Waals surface area contributed by atoms with Gasteiger partial charge in [0.2, 0.25) is 0 Å². The fourth-order valence-corrected chi connectivity index (χ4v) is 7.67. The van der Waals surface area contributed by atoms with Gasteiger partial charge in [-0.3, -0.25) is 19.2 Å². The molecule has 0 bridgehead atoms. The number of allylic oxidation sites excluding steroid dienone is 1. The number of carbonyl (C=O) groups is 5. The van der Waals surface area contributed by atoms with Crippen molar-refractivity contribution < 1.29 is 52.8 Å². The maximum absolute atomic E-state index is 13.4. The minimum atomic E-state index is -2.08. The summed E-state index contributed by atoms with van der Waals surface area (Å²) in [5.74, 6) is -6.07. The van der Waals surface area contributed by atoms with E-state index in [2.05, 4.69) is 15.9 Å². The Morgan fingerprint density at radius 3 is 2.09 bits per heavy atom. The summed E-state index contributed by atoms with van der Waals surface area (Å²) in [4.78, 5) is 64.4. The molecule has 1 saturated carbocycles. The van der Waals surface area contributed by atoms with Crippen molar-refractivity contribution >= 4 is 45.8 Å². The predicted octanol–water partition coefficient (Wildman–Crippen LogP) is 4.46. The van der Waals surface area contributed by atoms with Crippen molar-refractivity contribution in [2.24, 2.45) is 23.2 Å². The van der Waals surface area contributed by atoms with E-state index in [4.69, 9.17) is 23.7 Å². The van der Waals surface area contributed by atoms with E-state index in [9.17, 15) is 29.1 Å². The molecule has 1 N–H and O–H groups in total. The molecule has 0 spiro atoms. The SMILES string of the molecule is CC(=O)OC1[C@H]2[C@@H](C)[C@@H](OC(=O)c3ccc(Br)cc3)C[C@H](OC(C)=O)[C@]2(C)[C@@H](OC(C)=O)CC/C(C)=C\[C@@H]2OC(=O)[C@H](C)[C@@]12O. The molecule has 1 aromatic rings. The third kappa shape index (κ3) is 6.67. The van der Waals surface area contributed by atoms with E-state index < -0.39 is 89.1 Å². The molecule has 10 atom stereocenters. The van der Waals surface area contributed by atoms with E-state index in [1.54, 1.807) is 51.1 Å². The number of benzene rings is 1. The molecule has 3 aliphatic rings. The molecule has 12 heteroatoms. The summed E-state index contributed by atoms with van der Waals surface area (Å²) < 4.78 is 30.4. The van der Waals surface area contributed by atoms with Gasteiger partial charge in [-0.1, -0.05) is 35.4 Å². The second kappa shape index (κ2) is 13.2. The van der Waals surface area contributed by atoms with Gasteiger partial charge >= 0.3 is 29.8 Å². The first-order chi connectivity index (χ1) is 21.0. The zero-order valence-corrected chi connectivity index (χ0v) is 28.1. The predicted molar refractivity (Wildman–Crippen MR) is 162 cm³/mol. The Kier molecular flexibility index (Phi) is 10.2. The number of halogens is 1. The van der Waals surface area contributed by atoms with Gasteiger partial charge in [-0.05, 0) is 57.0 Å². The monoisotopic (exact) mass is 692 g/mol. The molecule has 1 aliphatic heterocycles. The van der Waals surface area contributed by atoms with Crippen LogP contribution >= 0.6 is 15.9 Å². The molecule has 0 radical (unpaired) electrons. The van der Waals surface area contributed by atoms with Gasteiger partial charge in [0, 0.05) is 48.9 Å². The molecule has 2 aliphatic carbocycles. The first-order valence-electron chi connectivity index (χ1n) is 15.1. The lowest BCUT2D eigenvalue weighted by molar-refractivity contribution is -0.250. The molecular weight excluding hydrogens is 652 g/mol. The Morgan fingerprint density at radius 1 is 0.933 bits per heavy atom. The Labute approximate surface area is 271 Å². The lowest BCUT2D eigenvalue weighted by Gasteiger charge is -2.58. The number of ether oxygens (including phenoxy) is 5. The Hall–Kier alpha value is -3.25. The van der Waals surface area contributed by atoms with Crippen molar-refractivity contribution in [3.63, 3.8) is 0 Å². The zero-order chi connectivity index (χ0) is 33.4. The first kappa shape index (κ1) is 34.6. The molecule has 1 saturated heterocycles. The fourth-order valence-electron chi connectivity index (χ4n) is 7.40. The number of carbonyl (C=O) groups excluding carboxylic acids is 5. The van der Waals surface area contributed by atoms with Crippen molar-refractivity contribution in [3.05, 3.63) is 46.0 Å². The first-order valence-corrected chi connectivity index (χ1v) is 15.9. The van der Waals surface area contributed by atoms with Crippen molar-refractivity contribution in [2.75, 3.05) is 0 Å². The van der Waals surface area contributed by atoms with Crippen LogP contribution in [0.4, 0.5) is 0 Å². The lowest BCUT2D eigenvalue weighted by Crippen LogP contribution is -2.69. The molecule has 4 rings (SSSR count). The Balaban J connectivity index is 1.96. The average Bonchev–Trinajstić information content (AvgIpc) is 3.16. The molecule has 0 aromatic heterocycles. The highest BCUT2D eigenvalue weighted by atomic mass is 79.9. The highest BCUT2D eigenvalue weighted by Gasteiger charge is 2.69. The summed E-state index contributed by atoms with van der Waals surface area (Å²) in [7, 11) is 0. The van der Waals surface area contributed by atoms with Gasteiger partial charge in [-0.25, -0.2) is 4.79 Å². The maximum Gasteiger partial charge on any atom is 0.338 e. The summed E-state index contributed by atoms with van der Waals surface area (Å²) in [5.41, 5.74) is -2.36. The van der Waals surface area contributed by atoms with Crippen molar-refractivity contribution in [2.45, 2.75) is 104 Å². The number of aliphatic hydroxyl groups is 1. The van der Waals surface area contributed by atoms with Crippen molar-refractivity contribution in [3.8, 4) is 0 Å². The summed E-state index contributed by atoms with van der Waals surface area (Å²) >= 11 is 3.35. The minimum Gasteiger partial charge on any atom is -0.462 e. The summed E-state index contributed by atoms with van der Waals surface area (Å²) in [6, 6.07) is 6.59. The highest BCUT2D eigenvalue weighted by Crippen LogP contribution is 2.57. The third-order valence-electron chi connectivity index (χ3n) is 9.72. The molecule has 45 heavy (non-hydrogen) atoms. The summed E-state index contributed by atoms with van der Waals surface area (Å²) in [6.07, 6.45) is -3.13. The summed E-state index contributed by atoms with van der Waals surface area (Å²) in [5, 5.41) is 12.6. The van der Waals surface area contributed by atoms with Gasteiger partial charge in [0.1, 0.15) is 24.4 Å². The van der Waals surface area contributed by atoms with Crippen LogP contribution in [0.15, 0.2) is 40.4 Å². The van der Waals surface area contributed by atoms with Crippen LogP contribution in [0.3, 0.4) is 0 Å². The van der Waals surface area contributed by atoms with Gasteiger partial charge in [0.15, 0.2) is 11.7 Å². The highest BCUT2D eigenvalue weighted by molar-refractivity contribution is 9.10. The molecule has 1 heterocycles. The fraction of sp³-hybridized carbons (Fsp3) is 0.606. The molecule has 0 amide bonds. The van der Waals surface area contributed by atoms with Crippen LogP contribution in [0, 0.1) is 23.2 Å². The van der Waals surface area contributed by atoms with Crippen LogP contribution in [-0.2, 0) is 42.9 Å². The van der Waals surface area contributed by atoms with E-state index in [1.807, 2.05) is 0 Å². The topological polar surface area (TPSA) is 152 Å². The van der Waals surface area contributed by atoms with E-state index >= 15 is 0 Å². The minimum absolute atomic E-state index is 0.0300. The van der Waals surface area contributed by atoms with Crippen LogP contribution in [0.25, 0.3) is 0 Å². The average molecular weight is 694 g/mol. The van der Waals surface area contributed by atoms with Gasteiger partial charge in [0.05, 0.1) is 11.5 Å². The zero-order valence-electron chi connectivity index (χ0n) is 26.5.